The lowest BCUT2D eigenvalue weighted by Crippen LogP contribution is -1.96. The van der Waals surface area contributed by atoms with E-state index in [1.54, 1.807) is 7.11 Å². The van der Waals surface area contributed by atoms with Crippen LogP contribution in [0.3, 0.4) is 0 Å². The van der Waals surface area contributed by atoms with Gasteiger partial charge in [-0.3, -0.25) is 0 Å². The monoisotopic (exact) mass is 282 g/mol. The first kappa shape index (κ1) is 13.5. The number of anilines is 1. The fourth-order valence-corrected chi connectivity index (χ4v) is 2.36. The van der Waals surface area contributed by atoms with Crippen LogP contribution in [-0.2, 0) is 0 Å². The Kier molecular flexibility index (Phi) is 3.52. The summed E-state index contributed by atoms with van der Waals surface area (Å²) in [5.41, 5.74) is 4.79. The molecule has 1 aromatic heterocycles. The van der Waals surface area contributed by atoms with Crippen molar-refractivity contribution in [1.29, 1.82) is 0 Å². The van der Waals surface area contributed by atoms with Crippen LogP contribution in [0.15, 0.2) is 40.8 Å². The van der Waals surface area contributed by atoms with E-state index >= 15 is 0 Å². The molecule has 0 amide bonds. The number of aromatic nitrogens is 1. The zero-order valence-corrected chi connectivity index (χ0v) is 12.4. The quantitative estimate of drug-likeness (QED) is 0.777. The van der Waals surface area contributed by atoms with Crippen LogP contribution in [0.2, 0.25) is 0 Å². The van der Waals surface area contributed by atoms with Crippen LogP contribution in [0.5, 0.6) is 5.75 Å². The molecular formula is C17H18N2O2. The summed E-state index contributed by atoms with van der Waals surface area (Å²) in [6, 6.07) is 11.8. The highest BCUT2D eigenvalue weighted by atomic mass is 16.5. The van der Waals surface area contributed by atoms with Crippen molar-refractivity contribution in [3.63, 3.8) is 0 Å². The number of fused-ring (bicyclic) bond motifs is 1. The normalized spacial score (nSPS) is 10.8. The van der Waals surface area contributed by atoms with E-state index in [9.17, 15) is 0 Å². The number of hydrogen-bond acceptors (Lipinski definition) is 4. The third-order valence-corrected chi connectivity index (χ3v) is 3.39. The Labute approximate surface area is 123 Å². The predicted octanol–water partition coefficient (Wildman–Crippen LogP) is 4.24. The van der Waals surface area contributed by atoms with E-state index in [1.165, 1.54) is 0 Å². The number of nitrogens with one attached hydrogen (secondary N) is 1. The van der Waals surface area contributed by atoms with Crippen LogP contribution in [0, 0.1) is 6.92 Å². The molecular weight excluding hydrogens is 264 g/mol. The van der Waals surface area contributed by atoms with Gasteiger partial charge in [0.05, 0.1) is 7.11 Å². The van der Waals surface area contributed by atoms with Crippen molar-refractivity contribution in [3.8, 4) is 17.2 Å². The third kappa shape index (κ3) is 2.57. The highest BCUT2D eigenvalue weighted by Crippen LogP contribution is 2.29. The maximum absolute atomic E-state index is 5.91. The van der Waals surface area contributed by atoms with Gasteiger partial charge in [0, 0.05) is 17.8 Å². The fourth-order valence-electron chi connectivity index (χ4n) is 2.36. The molecule has 0 aliphatic carbocycles. The van der Waals surface area contributed by atoms with Crippen molar-refractivity contribution in [2.45, 2.75) is 13.8 Å². The van der Waals surface area contributed by atoms with E-state index in [0.29, 0.717) is 5.89 Å². The molecule has 0 fully saturated rings. The molecule has 0 saturated heterocycles. The third-order valence-electron chi connectivity index (χ3n) is 3.39. The summed E-state index contributed by atoms with van der Waals surface area (Å²) in [5, 5.41) is 3.31. The summed E-state index contributed by atoms with van der Waals surface area (Å²) >= 11 is 0. The molecule has 3 aromatic rings. The van der Waals surface area contributed by atoms with E-state index < -0.39 is 0 Å². The van der Waals surface area contributed by atoms with Crippen molar-refractivity contribution in [1.82, 2.24) is 4.98 Å². The van der Waals surface area contributed by atoms with Gasteiger partial charge in [-0.15, -0.1) is 0 Å². The second kappa shape index (κ2) is 5.48. The van der Waals surface area contributed by atoms with Crippen LogP contribution < -0.4 is 10.1 Å². The molecule has 1 heterocycles. The van der Waals surface area contributed by atoms with E-state index in [4.69, 9.17) is 9.15 Å². The van der Waals surface area contributed by atoms with E-state index in [1.807, 2.05) is 37.3 Å². The number of benzene rings is 2. The molecule has 2 aromatic carbocycles. The average molecular weight is 282 g/mol. The Morgan fingerprint density at radius 2 is 1.95 bits per heavy atom. The zero-order valence-electron chi connectivity index (χ0n) is 12.4. The van der Waals surface area contributed by atoms with Crippen LogP contribution >= 0.6 is 0 Å². The zero-order chi connectivity index (χ0) is 14.8. The van der Waals surface area contributed by atoms with Crippen LogP contribution in [-0.4, -0.2) is 18.6 Å². The summed E-state index contributed by atoms with van der Waals surface area (Å²) in [6.45, 7) is 4.99. The van der Waals surface area contributed by atoms with Gasteiger partial charge in [-0.1, -0.05) is 0 Å². The SMILES string of the molecule is CCNc1cc(C)c2oc(-c3ccc(OC)cc3)nc2c1. The summed E-state index contributed by atoms with van der Waals surface area (Å²) in [6.07, 6.45) is 0. The van der Waals surface area contributed by atoms with Gasteiger partial charge in [-0.05, 0) is 55.8 Å². The Balaban J connectivity index is 2.05. The molecule has 0 aliphatic heterocycles. The summed E-state index contributed by atoms with van der Waals surface area (Å²) < 4.78 is 11.1. The highest BCUT2D eigenvalue weighted by molar-refractivity contribution is 5.83. The number of methoxy groups -OCH3 is 1. The number of ether oxygens (including phenoxy) is 1. The maximum Gasteiger partial charge on any atom is 0.227 e. The molecule has 4 nitrogen and oxygen atoms in total. The molecule has 0 aliphatic rings. The van der Waals surface area contributed by atoms with Crippen molar-refractivity contribution >= 4 is 16.8 Å². The van der Waals surface area contributed by atoms with Crippen LogP contribution in [0.1, 0.15) is 12.5 Å². The van der Waals surface area contributed by atoms with Gasteiger partial charge in [-0.25, -0.2) is 4.98 Å². The van der Waals surface area contributed by atoms with Crippen molar-refractivity contribution in [2.75, 3.05) is 19.0 Å². The Hall–Kier alpha value is -2.49. The lowest BCUT2D eigenvalue weighted by molar-refractivity contribution is 0.415. The molecule has 108 valence electrons. The first-order chi connectivity index (χ1) is 10.2. The molecule has 0 saturated carbocycles. The van der Waals surface area contributed by atoms with Crippen molar-refractivity contribution < 1.29 is 9.15 Å². The first-order valence-electron chi connectivity index (χ1n) is 7.00. The van der Waals surface area contributed by atoms with E-state index in [2.05, 4.69) is 23.3 Å². The summed E-state index contributed by atoms with van der Waals surface area (Å²) in [7, 11) is 1.65. The number of nitrogens with zero attached hydrogens (tertiary/aromatic N) is 1. The van der Waals surface area contributed by atoms with Crippen LogP contribution in [0.4, 0.5) is 5.69 Å². The Morgan fingerprint density at radius 1 is 1.19 bits per heavy atom. The lowest BCUT2D eigenvalue weighted by atomic mass is 10.2. The van der Waals surface area contributed by atoms with Gasteiger partial charge in [0.15, 0.2) is 5.58 Å². The standard InChI is InChI=1S/C17H18N2O2/c1-4-18-13-9-11(2)16-15(10-13)19-17(21-16)12-5-7-14(20-3)8-6-12/h5-10,18H,4H2,1-3H3. The molecule has 0 atom stereocenters. The minimum absolute atomic E-state index is 0.629. The first-order valence-corrected chi connectivity index (χ1v) is 7.00. The van der Waals surface area contributed by atoms with Gasteiger partial charge in [-0.2, -0.15) is 0 Å². The predicted molar refractivity (Wildman–Crippen MR) is 84.9 cm³/mol. The average Bonchev–Trinajstić information content (AvgIpc) is 2.92. The summed E-state index contributed by atoms with van der Waals surface area (Å²) in [4.78, 5) is 4.59. The molecule has 3 rings (SSSR count). The lowest BCUT2D eigenvalue weighted by Gasteiger charge is -2.03. The smallest absolute Gasteiger partial charge is 0.227 e. The van der Waals surface area contributed by atoms with Gasteiger partial charge in [0.1, 0.15) is 11.3 Å². The minimum atomic E-state index is 0.629. The number of oxazole rings is 1. The summed E-state index contributed by atoms with van der Waals surface area (Å²) in [5.74, 6) is 1.45. The van der Waals surface area contributed by atoms with Crippen LogP contribution in [0.25, 0.3) is 22.6 Å². The molecule has 21 heavy (non-hydrogen) atoms. The molecule has 1 N–H and O–H groups in total. The largest absolute Gasteiger partial charge is 0.497 e. The van der Waals surface area contributed by atoms with E-state index in [-0.39, 0.29) is 0 Å². The molecule has 4 heteroatoms. The molecule has 0 radical (unpaired) electrons. The second-order valence-electron chi connectivity index (χ2n) is 4.92. The highest BCUT2D eigenvalue weighted by Gasteiger charge is 2.11. The number of aryl methyl sites for hydroxylation is 1. The minimum Gasteiger partial charge on any atom is -0.497 e. The maximum atomic E-state index is 5.91. The molecule has 0 bridgehead atoms. The molecule has 0 spiro atoms. The van der Waals surface area contributed by atoms with E-state index in [0.717, 1.165) is 40.2 Å². The van der Waals surface area contributed by atoms with Gasteiger partial charge in [0.2, 0.25) is 5.89 Å². The topological polar surface area (TPSA) is 47.3 Å². The second-order valence-corrected chi connectivity index (χ2v) is 4.92. The van der Waals surface area contributed by atoms with Crippen molar-refractivity contribution in [3.05, 3.63) is 42.0 Å². The van der Waals surface area contributed by atoms with Gasteiger partial charge >= 0.3 is 0 Å². The number of hydrogen-bond donors (Lipinski definition) is 1. The molecule has 0 unspecified atom stereocenters. The van der Waals surface area contributed by atoms with Crippen molar-refractivity contribution in [2.24, 2.45) is 0 Å². The van der Waals surface area contributed by atoms with Gasteiger partial charge < -0.3 is 14.5 Å². The number of rotatable bonds is 4. The fraction of sp³-hybridized carbons (Fsp3) is 0.235. The Morgan fingerprint density at radius 3 is 2.62 bits per heavy atom. The Bertz CT molecular complexity index is 760. The van der Waals surface area contributed by atoms with Gasteiger partial charge in [0.25, 0.3) is 0 Å².